The molecule has 24 heavy (non-hydrogen) atoms. The molecule has 0 aliphatic carbocycles. The van der Waals surface area contributed by atoms with Crippen molar-refractivity contribution in [1.82, 2.24) is 0 Å². The molecule has 0 fully saturated rings. The van der Waals surface area contributed by atoms with Crippen LogP contribution in [0.15, 0.2) is 78.9 Å². The number of nitrogens with one attached hydrogen (secondary N) is 1. The van der Waals surface area contributed by atoms with Gasteiger partial charge in [0, 0.05) is 11.4 Å². The number of phenolic OH excluding ortho intramolecular Hbond substituents is 1. The first kappa shape index (κ1) is 14.3. The van der Waals surface area contributed by atoms with Gasteiger partial charge in [0.05, 0.1) is 5.56 Å². The number of rotatable bonds is 2. The number of fused-ring (bicyclic) bond motifs is 1. The van der Waals surface area contributed by atoms with E-state index in [1.54, 1.807) is 23.1 Å². The van der Waals surface area contributed by atoms with Crippen molar-refractivity contribution in [3.63, 3.8) is 0 Å². The van der Waals surface area contributed by atoms with E-state index in [1.807, 2.05) is 60.7 Å². The maximum atomic E-state index is 13.1. The Balaban J connectivity index is 1.87. The van der Waals surface area contributed by atoms with E-state index in [2.05, 4.69) is 5.32 Å². The summed E-state index contributed by atoms with van der Waals surface area (Å²) in [6.45, 7) is 0. The Hall–Kier alpha value is -3.27. The van der Waals surface area contributed by atoms with E-state index in [0.717, 1.165) is 16.9 Å². The molecule has 0 radical (unpaired) electrons. The third-order valence-corrected chi connectivity index (χ3v) is 4.15. The molecule has 4 heteroatoms. The van der Waals surface area contributed by atoms with Crippen molar-refractivity contribution in [3.8, 4) is 5.75 Å². The molecule has 3 aromatic rings. The summed E-state index contributed by atoms with van der Waals surface area (Å²) in [4.78, 5) is 14.8. The number of phenols is 1. The van der Waals surface area contributed by atoms with Crippen LogP contribution in [0.2, 0.25) is 0 Å². The Labute approximate surface area is 140 Å². The molecule has 118 valence electrons. The lowest BCUT2D eigenvalue weighted by Crippen LogP contribution is -2.43. The van der Waals surface area contributed by atoms with E-state index in [4.69, 9.17) is 0 Å². The second-order valence-corrected chi connectivity index (χ2v) is 5.70. The summed E-state index contributed by atoms with van der Waals surface area (Å²) in [5, 5.41) is 13.2. The Morgan fingerprint density at radius 3 is 2.42 bits per heavy atom. The lowest BCUT2D eigenvalue weighted by molar-refractivity contribution is 0.0975. The van der Waals surface area contributed by atoms with Gasteiger partial charge in [0.1, 0.15) is 11.9 Å². The first-order valence-electron chi connectivity index (χ1n) is 7.77. The van der Waals surface area contributed by atoms with E-state index >= 15 is 0 Å². The fraction of sp³-hybridized carbons (Fsp3) is 0.0500. The van der Waals surface area contributed by atoms with Crippen molar-refractivity contribution in [2.24, 2.45) is 0 Å². The normalized spacial score (nSPS) is 16.4. The number of benzene rings is 3. The average Bonchev–Trinajstić information content (AvgIpc) is 2.62. The molecule has 0 bridgehead atoms. The first-order chi connectivity index (χ1) is 11.7. The number of amides is 1. The Morgan fingerprint density at radius 1 is 0.875 bits per heavy atom. The minimum atomic E-state index is -0.387. The molecule has 1 heterocycles. The van der Waals surface area contributed by atoms with Crippen LogP contribution in [0.3, 0.4) is 0 Å². The number of nitrogens with zero attached hydrogens (tertiary/aromatic N) is 1. The van der Waals surface area contributed by atoms with Crippen molar-refractivity contribution in [3.05, 3.63) is 90.0 Å². The predicted octanol–water partition coefficient (Wildman–Crippen LogP) is 4.16. The van der Waals surface area contributed by atoms with Gasteiger partial charge in [0.15, 0.2) is 0 Å². The number of carbonyl (C=O) groups excluding carboxylic acids is 1. The highest BCUT2D eigenvalue weighted by Crippen LogP contribution is 2.37. The molecule has 0 saturated heterocycles. The van der Waals surface area contributed by atoms with Gasteiger partial charge in [0.25, 0.3) is 5.91 Å². The molecule has 0 unspecified atom stereocenters. The molecule has 0 saturated carbocycles. The number of anilines is 2. The van der Waals surface area contributed by atoms with Crippen molar-refractivity contribution in [2.45, 2.75) is 6.17 Å². The maximum Gasteiger partial charge on any atom is 0.262 e. The third-order valence-electron chi connectivity index (χ3n) is 4.15. The van der Waals surface area contributed by atoms with Gasteiger partial charge >= 0.3 is 0 Å². The molecule has 3 aromatic carbocycles. The molecule has 1 aliphatic heterocycles. The van der Waals surface area contributed by atoms with Gasteiger partial charge in [-0.05, 0) is 42.0 Å². The zero-order valence-corrected chi connectivity index (χ0v) is 12.9. The summed E-state index contributed by atoms with van der Waals surface area (Å²) in [5.41, 5.74) is 3.06. The van der Waals surface area contributed by atoms with Crippen LogP contribution in [0.5, 0.6) is 5.75 Å². The number of carbonyl (C=O) groups is 1. The lowest BCUT2D eigenvalue weighted by atomic mass is 10.0. The van der Waals surface area contributed by atoms with Crippen molar-refractivity contribution in [1.29, 1.82) is 0 Å². The van der Waals surface area contributed by atoms with Gasteiger partial charge in [-0.25, -0.2) is 0 Å². The van der Waals surface area contributed by atoms with Crippen LogP contribution in [-0.2, 0) is 0 Å². The SMILES string of the molecule is O=C1c2ccccc2N[C@@H](c2cccc(O)c2)N1c1ccccc1. The van der Waals surface area contributed by atoms with Crippen LogP contribution in [0.4, 0.5) is 11.4 Å². The van der Waals surface area contributed by atoms with Crippen molar-refractivity contribution in [2.75, 3.05) is 10.2 Å². The Bertz CT molecular complexity index is 893. The number of hydrogen-bond acceptors (Lipinski definition) is 3. The average molecular weight is 316 g/mol. The zero-order valence-electron chi connectivity index (χ0n) is 12.9. The van der Waals surface area contributed by atoms with E-state index in [0.29, 0.717) is 5.56 Å². The van der Waals surface area contributed by atoms with Crippen LogP contribution < -0.4 is 10.2 Å². The molecule has 0 spiro atoms. The molecule has 0 aromatic heterocycles. The highest BCUT2D eigenvalue weighted by Gasteiger charge is 2.33. The molecule has 4 rings (SSSR count). The topological polar surface area (TPSA) is 52.6 Å². The summed E-state index contributed by atoms with van der Waals surface area (Å²) in [6, 6.07) is 24.0. The highest BCUT2D eigenvalue weighted by molar-refractivity contribution is 6.12. The summed E-state index contributed by atoms with van der Waals surface area (Å²) < 4.78 is 0. The zero-order chi connectivity index (χ0) is 16.5. The third kappa shape index (κ3) is 2.38. The Morgan fingerprint density at radius 2 is 1.62 bits per heavy atom. The number of hydrogen-bond donors (Lipinski definition) is 2. The van der Waals surface area contributed by atoms with E-state index in [-0.39, 0.29) is 17.8 Å². The molecule has 1 aliphatic rings. The van der Waals surface area contributed by atoms with Crippen LogP contribution in [-0.4, -0.2) is 11.0 Å². The summed E-state index contributed by atoms with van der Waals surface area (Å²) in [7, 11) is 0. The molecule has 4 nitrogen and oxygen atoms in total. The van der Waals surface area contributed by atoms with Gasteiger partial charge in [-0.2, -0.15) is 0 Å². The number of para-hydroxylation sites is 2. The Kier molecular flexibility index (Phi) is 3.43. The van der Waals surface area contributed by atoms with Crippen LogP contribution in [0.1, 0.15) is 22.1 Å². The van der Waals surface area contributed by atoms with Gasteiger partial charge in [-0.15, -0.1) is 0 Å². The minimum Gasteiger partial charge on any atom is -0.508 e. The molecular weight excluding hydrogens is 300 g/mol. The second kappa shape index (κ2) is 5.74. The second-order valence-electron chi connectivity index (χ2n) is 5.70. The van der Waals surface area contributed by atoms with E-state index in [1.165, 1.54) is 0 Å². The molecule has 2 N–H and O–H groups in total. The highest BCUT2D eigenvalue weighted by atomic mass is 16.3. The standard InChI is InChI=1S/C20H16N2O2/c23-16-10-6-7-14(13-16)19-21-18-12-5-4-11-17(18)20(24)22(19)15-8-2-1-3-9-15/h1-13,19,21,23H/t19-/m1/s1. The fourth-order valence-electron chi connectivity index (χ4n) is 3.04. The summed E-state index contributed by atoms with van der Waals surface area (Å²) in [6.07, 6.45) is -0.387. The fourth-order valence-corrected chi connectivity index (χ4v) is 3.04. The van der Waals surface area contributed by atoms with E-state index in [9.17, 15) is 9.90 Å². The minimum absolute atomic E-state index is 0.0658. The lowest BCUT2D eigenvalue weighted by Gasteiger charge is -2.38. The molecular formula is C20H16N2O2. The van der Waals surface area contributed by atoms with Gasteiger partial charge < -0.3 is 10.4 Å². The first-order valence-corrected chi connectivity index (χ1v) is 7.77. The van der Waals surface area contributed by atoms with Crippen LogP contribution in [0.25, 0.3) is 0 Å². The van der Waals surface area contributed by atoms with Crippen LogP contribution >= 0.6 is 0 Å². The maximum absolute atomic E-state index is 13.1. The van der Waals surface area contributed by atoms with Gasteiger partial charge in [-0.3, -0.25) is 9.69 Å². The van der Waals surface area contributed by atoms with Gasteiger partial charge in [0.2, 0.25) is 0 Å². The summed E-state index contributed by atoms with van der Waals surface area (Å²) in [5.74, 6) is 0.109. The van der Waals surface area contributed by atoms with Crippen molar-refractivity contribution >= 4 is 17.3 Å². The van der Waals surface area contributed by atoms with Crippen LogP contribution in [0, 0.1) is 0 Å². The smallest absolute Gasteiger partial charge is 0.262 e. The van der Waals surface area contributed by atoms with E-state index < -0.39 is 0 Å². The predicted molar refractivity (Wildman–Crippen MR) is 94.2 cm³/mol. The van der Waals surface area contributed by atoms with Crippen molar-refractivity contribution < 1.29 is 9.90 Å². The molecule has 1 amide bonds. The summed E-state index contributed by atoms with van der Waals surface area (Å²) >= 11 is 0. The van der Waals surface area contributed by atoms with Gasteiger partial charge in [-0.1, -0.05) is 42.5 Å². The largest absolute Gasteiger partial charge is 0.508 e. The molecule has 1 atom stereocenters. The monoisotopic (exact) mass is 316 g/mol. The number of aromatic hydroxyl groups is 1. The quantitative estimate of drug-likeness (QED) is 0.746.